The van der Waals surface area contributed by atoms with E-state index in [9.17, 15) is 4.79 Å². The number of thiophene rings is 1. The first-order valence-corrected chi connectivity index (χ1v) is 16.7. The largest absolute Gasteiger partial charge is 0.356 e. The van der Waals surface area contributed by atoms with Crippen LogP contribution in [-0.2, 0) is 4.79 Å². The first-order chi connectivity index (χ1) is 20.4. The monoisotopic (exact) mass is 607 g/mol. The molecule has 3 aromatic rings. The second-order valence-corrected chi connectivity index (χ2v) is 13.6. The maximum Gasteiger partial charge on any atom is 0.222 e. The van der Waals surface area contributed by atoms with Crippen LogP contribution in [0.2, 0.25) is 5.02 Å². The molecular weight excluding hydrogens is 566 g/mol. The fraction of sp³-hybridized carbons (Fsp3) is 0.562. The summed E-state index contributed by atoms with van der Waals surface area (Å²) in [6.07, 6.45) is 7.84. The molecule has 1 amide bonds. The van der Waals surface area contributed by atoms with Crippen LogP contribution >= 0.6 is 22.9 Å². The number of aromatic nitrogens is 3. The van der Waals surface area contributed by atoms with E-state index in [4.69, 9.17) is 16.6 Å². The van der Waals surface area contributed by atoms with Crippen molar-refractivity contribution in [1.82, 2.24) is 29.9 Å². The number of nitrogens with one attached hydrogen (secondary N) is 1. The molecule has 0 spiro atoms. The zero-order valence-electron chi connectivity index (χ0n) is 25.0. The van der Waals surface area contributed by atoms with Gasteiger partial charge >= 0.3 is 0 Å². The van der Waals surface area contributed by atoms with Gasteiger partial charge in [-0.3, -0.25) is 14.4 Å². The van der Waals surface area contributed by atoms with Crippen molar-refractivity contribution < 1.29 is 4.79 Å². The fourth-order valence-corrected chi connectivity index (χ4v) is 8.04. The highest BCUT2D eigenvalue weighted by atomic mass is 35.5. The molecule has 0 radical (unpaired) electrons. The van der Waals surface area contributed by atoms with Gasteiger partial charge in [-0.2, -0.15) is 0 Å². The highest BCUT2D eigenvalue weighted by Gasteiger charge is 2.32. The summed E-state index contributed by atoms with van der Waals surface area (Å²) >= 11 is 7.94. The Labute approximate surface area is 258 Å². The number of rotatable bonds is 8. The number of aliphatic imine (C=N–C) groups is 1. The van der Waals surface area contributed by atoms with Crippen LogP contribution in [-0.4, -0.2) is 81.5 Å². The van der Waals surface area contributed by atoms with E-state index in [1.165, 1.54) is 55.6 Å². The van der Waals surface area contributed by atoms with Gasteiger partial charge in [-0.05, 0) is 103 Å². The molecule has 2 fully saturated rings. The van der Waals surface area contributed by atoms with E-state index in [0.29, 0.717) is 17.4 Å². The predicted octanol–water partition coefficient (Wildman–Crippen LogP) is 5.65. The van der Waals surface area contributed by atoms with Crippen molar-refractivity contribution in [3.05, 3.63) is 62.5 Å². The summed E-state index contributed by atoms with van der Waals surface area (Å²) < 4.78 is 2.10. The number of nitrogens with zero attached hydrogens (tertiary/aromatic N) is 6. The summed E-state index contributed by atoms with van der Waals surface area (Å²) in [4.78, 5) is 25.0. The maximum absolute atomic E-state index is 13.3. The number of hydrogen-bond donors (Lipinski definition) is 1. The molecule has 10 heteroatoms. The van der Waals surface area contributed by atoms with Crippen LogP contribution < -0.4 is 5.32 Å². The molecule has 0 bridgehead atoms. The number of hydrogen-bond acceptors (Lipinski definition) is 7. The summed E-state index contributed by atoms with van der Waals surface area (Å²) in [7, 11) is 0. The summed E-state index contributed by atoms with van der Waals surface area (Å²) in [6, 6.07) is 8.11. The minimum Gasteiger partial charge on any atom is -0.356 e. The van der Waals surface area contributed by atoms with Crippen LogP contribution in [0.3, 0.4) is 0 Å². The predicted molar refractivity (Wildman–Crippen MR) is 170 cm³/mol. The Morgan fingerprint density at radius 3 is 2.50 bits per heavy atom. The van der Waals surface area contributed by atoms with E-state index in [0.717, 1.165) is 59.8 Å². The molecule has 1 aromatic carbocycles. The van der Waals surface area contributed by atoms with Crippen molar-refractivity contribution in [2.75, 3.05) is 39.3 Å². The molecule has 6 rings (SSSR count). The highest BCUT2D eigenvalue weighted by Crippen LogP contribution is 2.39. The molecule has 3 aliphatic rings. The van der Waals surface area contributed by atoms with Crippen molar-refractivity contribution in [3.8, 4) is 5.00 Å². The van der Waals surface area contributed by atoms with E-state index in [2.05, 4.69) is 43.7 Å². The average Bonchev–Trinajstić information content (AvgIpc) is 3.48. The summed E-state index contributed by atoms with van der Waals surface area (Å²) in [5, 5.41) is 13.8. The van der Waals surface area contributed by atoms with Gasteiger partial charge in [0, 0.05) is 33.6 Å². The number of fused-ring (bicyclic) bond motifs is 3. The van der Waals surface area contributed by atoms with Crippen molar-refractivity contribution >= 4 is 34.6 Å². The van der Waals surface area contributed by atoms with E-state index >= 15 is 0 Å². The molecule has 0 aliphatic carbocycles. The fourth-order valence-electron chi connectivity index (χ4n) is 6.70. The lowest BCUT2D eigenvalue weighted by Crippen LogP contribution is -2.47. The Morgan fingerprint density at radius 2 is 1.76 bits per heavy atom. The third-order valence-corrected chi connectivity index (χ3v) is 10.6. The Balaban J connectivity index is 1.11. The zero-order chi connectivity index (χ0) is 29.2. The number of benzene rings is 1. The normalized spacial score (nSPS) is 20.1. The van der Waals surface area contributed by atoms with Crippen molar-refractivity contribution in [2.24, 2.45) is 4.99 Å². The molecule has 2 saturated heterocycles. The van der Waals surface area contributed by atoms with Gasteiger partial charge in [0.15, 0.2) is 5.82 Å². The van der Waals surface area contributed by atoms with Gasteiger partial charge in [-0.1, -0.05) is 30.2 Å². The van der Waals surface area contributed by atoms with Crippen LogP contribution in [0.25, 0.3) is 5.00 Å². The molecule has 1 N–H and O–H groups in total. The second kappa shape index (κ2) is 13.0. The van der Waals surface area contributed by atoms with Gasteiger partial charge in [0.2, 0.25) is 5.91 Å². The molecule has 1 atom stereocenters. The van der Waals surface area contributed by atoms with Crippen LogP contribution in [0.4, 0.5) is 0 Å². The molecule has 5 heterocycles. The molecule has 3 aliphatic heterocycles. The summed E-state index contributed by atoms with van der Waals surface area (Å²) in [5.41, 5.74) is 4.12. The average molecular weight is 608 g/mol. The van der Waals surface area contributed by atoms with Gasteiger partial charge in [0.1, 0.15) is 16.9 Å². The number of carbonyl (C=O) groups is 1. The third kappa shape index (κ3) is 6.20. The molecule has 0 unspecified atom stereocenters. The minimum atomic E-state index is -0.440. The van der Waals surface area contributed by atoms with Crippen LogP contribution in [0.15, 0.2) is 29.3 Å². The number of piperidine rings is 2. The molecule has 8 nitrogen and oxygen atoms in total. The van der Waals surface area contributed by atoms with Crippen LogP contribution in [0.1, 0.15) is 84.2 Å². The Kier molecular flexibility index (Phi) is 9.09. The summed E-state index contributed by atoms with van der Waals surface area (Å²) in [6.45, 7) is 12.8. The highest BCUT2D eigenvalue weighted by molar-refractivity contribution is 7.15. The quantitative estimate of drug-likeness (QED) is 0.335. The smallest absolute Gasteiger partial charge is 0.222 e. The first kappa shape index (κ1) is 29.5. The topological polar surface area (TPSA) is 78.7 Å². The second-order valence-electron chi connectivity index (χ2n) is 12.0. The number of aryl methyl sites for hydroxylation is 2. The van der Waals surface area contributed by atoms with Crippen LogP contribution in [0.5, 0.6) is 0 Å². The molecular formula is C32H42ClN7OS. The van der Waals surface area contributed by atoms with Crippen LogP contribution in [0, 0.1) is 20.8 Å². The van der Waals surface area contributed by atoms with Crippen molar-refractivity contribution in [1.29, 1.82) is 0 Å². The van der Waals surface area contributed by atoms with Gasteiger partial charge in [-0.25, -0.2) is 0 Å². The molecule has 224 valence electrons. The lowest BCUT2D eigenvalue weighted by Gasteiger charge is -2.40. The van der Waals surface area contributed by atoms with Crippen molar-refractivity contribution in [3.63, 3.8) is 0 Å². The first-order valence-electron chi connectivity index (χ1n) is 15.5. The lowest BCUT2D eigenvalue weighted by molar-refractivity contribution is -0.121. The Hall–Kier alpha value is -2.59. The van der Waals surface area contributed by atoms with E-state index < -0.39 is 6.04 Å². The number of amides is 1. The van der Waals surface area contributed by atoms with Gasteiger partial charge in [0.25, 0.3) is 0 Å². The number of likely N-dealkylation sites (tertiary alicyclic amines) is 2. The Morgan fingerprint density at radius 1 is 1.02 bits per heavy atom. The standard InChI is InChI=1S/C32H42ClN7OS/c1-21-22(2)42-32-29(21)30(24-8-10-25(33)11-9-24)35-27(31-37-36-23(3)40(31)32)20-28(41)34-14-7-15-38-18-12-26(13-19-38)39-16-5-4-6-17-39/h8-11,26-27H,4-7,12-20H2,1-3H3,(H,34,41)/t27-/m0/s1. The number of halogens is 1. The van der Waals surface area contributed by atoms with Gasteiger partial charge in [0.05, 0.1) is 12.1 Å². The van der Waals surface area contributed by atoms with E-state index in [1.807, 2.05) is 31.2 Å². The summed E-state index contributed by atoms with van der Waals surface area (Å²) in [5.74, 6) is 1.51. The van der Waals surface area contributed by atoms with Crippen molar-refractivity contribution in [2.45, 2.75) is 77.8 Å². The molecule has 2 aromatic heterocycles. The zero-order valence-corrected chi connectivity index (χ0v) is 26.6. The van der Waals surface area contributed by atoms with Gasteiger partial charge in [-0.15, -0.1) is 21.5 Å². The maximum atomic E-state index is 13.3. The number of carbonyl (C=O) groups excluding carboxylic acids is 1. The van der Waals surface area contributed by atoms with E-state index in [-0.39, 0.29) is 12.3 Å². The minimum absolute atomic E-state index is 0.00614. The SMILES string of the molecule is Cc1sc2c(c1C)C(c1ccc(Cl)cc1)=N[C@@H](CC(=O)NCCCN1CCC(N3CCCCC3)CC1)c1nnc(C)n1-2. The van der Waals surface area contributed by atoms with Gasteiger partial charge < -0.3 is 15.1 Å². The Bertz CT molecular complexity index is 1430. The lowest BCUT2D eigenvalue weighted by atomic mass is 9.99. The molecule has 42 heavy (non-hydrogen) atoms. The van der Waals surface area contributed by atoms with E-state index in [1.54, 1.807) is 11.3 Å². The molecule has 0 saturated carbocycles. The third-order valence-electron chi connectivity index (χ3n) is 9.17.